The van der Waals surface area contributed by atoms with Crippen molar-refractivity contribution in [2.75, 3.05) is 0 Å². The van der Waals surface area contributed by atoms with Gasteiger partial charge in [-0.15, -0.1) is 0 Å². The molecule has 0 amide bonds. The van der Waals surface area contributed by atoms with Crippen molar-refractivity contribution in [3.05, 3.63) is 61.7 Å². The standard InChI is InChI=1S/C12H10BrClN2O/c1-8-4-12(17)16(7-15-8)6-9-2-3-10(13)5-11(9)14/h2-5,7H,6H2,1H3. The van der Waals surface area contributed by atoms with Crippen LogP contribution in [-0.4, -0.2) is 9.55 Å². The molecule has 88 valence electrons. The zero-order valence-corrected chi connectivity index (χ0v) is 11.5. The average molecular weight is 314 g/mol. The Kier molecular flexibility index (Phi) is 3.64. The van der Waals surface area contributed by atoms with Crippen LogP contribution in [0.5, 0.6) is 0 Å². The Hall–Kier alpha value is -1.13. The summed E-state index contributed by atoms with van der Waals surface area (Å²) in [6.45, 7) is 2.22. The quantitative estimate of drug-likeness (QED) is 0.854. The molecule has 2 rings (SSSR count). The molecule has 0 atom stereocenters. The van der Waals surface area contributed by atoms with E-state index in [-0.39, 0.29) is 5.56 Å². The molecule has 5 heteroatoms. The van der Waals surface area contributed by atoms with E-state index in [1.54, 1.807) is 6.92 Å². The third kappa shape index (κ3) is 2.96. The molecule has 0 aliphatic heterocycles. The van der Waals surface area contributed by atoms with Crippen molar-refractivity contribution in [2.24, 2.45) is 0 Å². The van der Waals surface area contributed by atoms with Gasteiger partial charge in [0.15, 0.2) is 0 Å². The molecule has 0 saturated heterocycles. The van der Waals surface area contributed by atoms with Crippen molar-refractivity contribution in [3.63, 3.8) is 0 Å². The molecule has 0 saturated carbocycles. The van der Waals surface area contributed by atoms with E-state index in [4.69, 9.17) is 11.6 Å². The van der Waals surface area contributed by atoms with Gasteiger partial charge in [0.25, 0.3) is 5.56 Å². The fourth-order valence-corrected chi connectivity index (χ4v) is 2.20. The molecule has 0 aliphatic carbocycles. The lowest BCUT2D eigenvalue weighted by molar-refractivity contribution is 0.730. The number of benzene rings is 1. The summed E-state index contributed by atoms with van der Waals surface area (Å²) in [7, 11) is 0. The zero-order chi connectivity index (χ0) is 12.4. The van der Waals surface area contributed by atoms with Gasteiger partial charge >= 0.3 is 0 Å². The van der Waals surface area contributed by atoms with E-state index in [1.165, 1.54) is 17.0 Å². The molecule has 0 unspecified atom stereocenters. The van der Waals surface area contributed by atoms with Crippen LogP contribution in [-0.2, 0) is 6.54 Å². The number of aromatic nitrogens is 2. The van der Waals surface area contributed by atoms with Crippen LogP contribution in [0.25, 0.3) is 0 Å². The number of aryl methyl sites for hydroxylation is 1. The lowest BCUT2D eigenvalue weighted by atomic mass is 10.2. The van der Waals surface area contributed by atoms with Crippen LogP contribution in [0.2, 0.25) is 5.02 Å². The predicted octanol–water partition coefficient (Wildman–Crippen LogP) is 3.02. The van der Waals surface area contributed by atoms with Crippen molar-refractivity contribution in [2.45, 2.75) is 13.5 Å². The monoisotopic (exact) mass is 312 g/mol. The molecule has 1 aromatic carbocycles. The van der Waals surface area contributed by atoms with E-state index in [0.29, 0.717) is 17.3 Å². The van der Waals surface area contributed by atoms with Gasteiger partial charge in [0.2, 0.25) is 0 Å². The Morgan fingerprint density at radius 1 is 1.41 bits per heavy atom. The fraction of sp³-hybridized carbons (Fsp3) is 0.167. The molecule has 0 radical (unpaired) electrons. The molecule has 0 aliphatic rings. The van der Waals surface area contributed by atoms with Gasteiger partial charge in [-0.3, -0.25) is 9.36 Å². The largest absolute Gasteiger partial charge is 0.295 e. The molecule has 1 heterocycles. The second-order valence-electron chi connectivity index (χ2n) is 3.73. The Balaban J connectivity index is 2.35. The van der Waals surface area contributed by atoms with Crippen LogP contribution in [0, 0.1) is 6.92 Å². The van der Waals surface area contributed by atoms with Crippen LogP contribution < -0.4 is 5.56 Å². The first-order chi connectivity index (χ1) is 8.06. The lowest BCUT2D eigenvalue weighted by Crippen LogP contribution is -2.20. The van der Waals surface area contributed by atoms with Gasteiger partial charge in [-0.25, -0.2) is 4.98 Å². The van der Waals surface area contributed by atoms with Crippen molar-refractivity contribution < 1.29 is 0 Å². The Morgan fingerprint density at radius 2 is 2.18 bits per heavy atom. The van der Waals surface area contributed by atoms with Gasteiger partial charge in [-0.2, -0.15) is 0 Å². The van der Waals surface area contributed by atoms with Gasteiger partial charge < -0.3 is 0 Å². The Bertz CT molecular complexity index is 610. The summed E-state index contributed by atoms with van der Waals surface area (Å²) >= 11 is 9.44. The molecule has 1 aromatic heterocycles. The summed E-state index contributed by atoms with van der Waals surface area (Å²) in [4.78, 5) is 15.8. The van der Waals surface area contributed by atoms with Crippen LogP contribution >= 0.6 is 27.5 Å². The van der Waals surface area contributed by atoms with Crippen molar-refractivity contribution in [3.8, 4) is 0 Å². The number of halogens is 2. The maximum absolute atomic E-state index is 11.7. The van der Waals surface area contributed by atoms with Crippen molar-refractivity contribution in [1.82, 2.24) is 9.55 Å². The summed E-state index contributed by atoms with van der Waals surface area (Å²) in [5, 5.41) is 0.631. The molecule has 0 bridgehead atoms. The highest BCUT2D eigenvalue weighted by molar-refractivity contribution is 9.10. The first-order valence-corrected chi connectivity index (χ1v) is 6.20. The molecule has 3 nitrogen and oxygen atoms in total. The predicted molar refractivity (Wildman–Crippen MR) is 71.5 cm³/mol. The van der Waals surface area contributed by atoms with E-state index >= 15 is 0 Å². The second kappa shape index (κ2) is 5.02. The van der Waals surface area contributed by atoms with E-state index in [9.17, 15) is 4.79 Å². The first kappa shape index (κ1) is 12.3. The number of nitrogens with zero attached hydrogens (tertiary/aromatic N) is 2. The SMILES string of the molecule is Cc1cc(=O)n(Cc2ccc(Br)cc2Cl)cn1. The zero-order valence-electron chi connectivity index (χ0n) is 9.15. The Morgan fingerprint density at radius 3 is 2.82 bits per heavy atom. The highest BCUT2D eigenvalue weighted by Gasteiger charge is 2.03. The highest BCUT2D eigenvalue weighted by Crippen LogP contribution is 2.21. The van der Waals surface area contributed by atoms with E-state index < -0.39 is 0 Å². The number of hydrogen-bond acceptors (Lipinski definition) is 2. The number of hydrogen-bond donors (Lipinski definition) is 0. The van der Waals surface area contributed by atoms with E-state index in [2.05, 4.69) is 20.9 Å². The minimum absolute atomic E-state index is 0.0727. The minimum atomic E-state index is -0.0727. The third-order valence-electron chi connectivity index (χ3n) is 2.37. The van der Waals surface area contributed by atoms with Gasteiger partial charge in [-0.05, 0) is 24.6 Å². The van der Waals surface area contributed by atoms with Crippen LogP contribution in [0.15, 0.2) is 39.9 Å². The second-order valence-corrected chi connectivity index (χ2v) is 5.06. The first-order valence-electron chi connectivity index (χ1n) is 5.03. The Labute approximate surface area is 112 Å². The van der Waals surface area contributed by atoms with Gasteiger partial charge in [0, 0.05) is 21.3 Å². The van der Waals surface area contributed by atoms with E-state index in [0.717, 1.165) is 10.0 Å². The summed E-state index contributed by atoms with van der Waals surface area (Å²) in [5.41, 5.74) is 1.53. The van der Waals surface area contributed by atoms with Crippen LogP contribution in [0.1, 0.15) is 11.3 Å². The van der Waals surface area contributed by atoms with Gasteiger partial charge in [0.1, 0.15) is 0 Å². The maximum Gasteiger partial charge on any atom is 0.253 e. The van der Waals surface area contributed by atoms with E-state index in [1.807, 2.05) is 18.2 Å². The molecule has 0 N–H and O–H groups in total. The van der Waals surface area contributed by atoms with Crippen molar-refractivity contribution in [1.29, 1.82) is 0 Å². The lowest BCUT2D eigenvalue weighted by Gasteiger charge is -2.07. The molecule has 17 heavy (non-hydrogen) atoms. The molecule has 2 aromatic rings. The maximum atomic E-state index is 11.7. The van der Waals surface area contributed by atoms with Crippen molar-refractivity contribution >= 4 is 27.5 Å². The minimum Gasteiger partial charge on any atom is -0.295 e. The molecule has 0 fully saturated rings. The third-order valence-corrected chi connectivity index (χ3v) is 3.22. The van der Waals surface area contributed by atoms with Gasteiger partial charge in [0.05, 0.1) is 12.9 Å². The summed E-state index contributed by atoms with van der Waals surface area (Å²) < 4.78 is 2.45. The van der Waals surface area contributed by atoms with Crippen LogP contribution in [0.3, 0.4) is 0 Å². The smallest absolute Gasteiger partial charge is 0.253 e. The molecular weight excluding hydrogens is 304 g/mol. The topological polar surface area (TPSA) is 34.9 Å². The summed E-state index contributed by atoms with van der Waals surface area (Å²) in [6, 6.07) is 7.10. The molecule has 0 spiro atoms. The van der Waals surface area contributed by atoms with Gasteiger partial charge in [-0.1, -0.05) is 33.6 Å². The number of rotatable bonds is 2. The normalized spacial score (nSPS) is 10.5. The highest BCUT2D eigenvalue weighted by atomic mass is 79.9. The fourth-order valence-electron chi connectivity index (χ4n) is 1.47. The summed E-state index contributed by atoms with van der Waals surface area (Å²) in [5.74, 6) is 0. The van der Waals surface area contributed by atoms with Crippen LogP contribution in [0.4, 0.5) is 0 Å². The average Bonchev–Trinajstić information content (AvgIpc) is 2.25. The summed E-state index contributed by atoms with van der Waals surface area (Å²) in [6.07, 6.45) is 1.54. The molecular formula is C12H10BrClN2O.